The monoisotopic (exact) mass is 573 g/mol. The Hall–Kier alpha value is -3.85. The van der Waals surface area contributed by atoms with Crippen LogP contribution in [0.4, 0.5) is 0 Å². The first-order valence-electron chi connectivity index (χ1n) is 14.0. The van der Waals surface area contributed by atoms with Gasteiger partial charge in [0.25, 0.3) is 11.8 Å². The lowest BCUT2D eigenvalue weighted by Crippen LogP contribution is -2.50. The maximum absolute atomic E-state index is 14.4. The van der Waals surface area contributed by atoms with Gasteiger partial charge in [0.15, 0.2) is 5.82 Å². The van der Waals surface area contributed by atoms with Gasteiger partial charge in [0.2, 0.25) is 0 Å². The van der Waals surface area contributed by atoms with Crippen molar-refractivity contribution in [3.05, 3.63) is 88.2 Å². The molecular formula is C31H36ClN7O2. The van der Waals surface area contributed by atoms with Crippen molar-refractivity contribution in [2.45, 2.75) is 71.6 Å². The highest BCUT2D eigenvalue weighted by molar-refractivity contribution is 6.47. The molecule has 0 radical (unpaired) electrons. The van der Waals surface area contributed by atoms with Crippen molar-refractivity contribution in [3.63, 3.8) is 0 Å². The molecule has 2 amide bonds. The molecule has 2 heterocycles. The Labute approximate surface area is 245 Å². The Morgan fingerprint density at radius 3 is 2.66 bits per heavy atom. The smallest absolute Gasteiger partial charge is 0.275 e. The SMILES string of the molecule is CC1C=CCC2(C1)N=C(c1cccc(Cl)c1)C(=O)N2[C@H](CCC(C)(C)C)c1ccc(C(=O)NCc2nn[nH]n2)cc1. The molecule has 214 valence electrons. The highest BCUT2D eigenvalue weighted by Gasteiger charge is 2.51. The average molecular weight is 574 g/mol. The standard InChI is InChI=1S/C31H36ClN7O2/c1-20-7-6-15-31(18-20)34-27(23-8-5-9-24(32)17-23)29(41)39(31)25(14-16-30(2,3)4)21-10-12-22(13-11-21)28(40)33-19-26-35-37-38-36-26/h5-13,17,20,25H,14-16,18-19H2,1-4H3,(H,33,40)(H,35,36,37,38)/t20?,25-,31?/m1/s1. The van der Waals surface area contributed by atoms with Gasteiger partial charge in [-0.25, -0.2) is 0 Å². The van der Waals surface area contributed by atoms with E-state index < -0.39 is 5.66 Å². The van der Waals surface area contributed by atoms with Crippen LogP contribution in [-0.2, 0) is 11.3 Å². The van der Waals surface area contributed by atoms with Gasteiger partial charge in [0, 0.05) is 22.6 Å². The highest BCUT2D eigenvalue weighted by Crippen LogP contribution is 2.46. The minimum atomic E-state index is -0.688. The summed E-state index contributed by atoms with van der Waals surface area (Å²) < 4.78 is 0. The van der Waals surface area contributed by atoms with Gasteiger partial charge in [-0.2, -0.15) is 5.21 Å². The Kier molecular flexibility index (Phi) is 8.09. The number of carbonyl (C=O) groups excluding carboxylic acids is 2. The molecule has 1 aliphatic carbocycles. The first-order chi connectivity index (χ1) is 19.5. The molecule has 0 bridgehead atoms. The number of rotatable bonds is 8. The van der Waals surface area contributed by atoms with E-state index in [0.717, 1.165) is 30.4 Å². The molecule has 0 saturated heterocycles. The van der Waals surface area contributed by atoms with Crippen LogP contribution in [0.15, 0.2) is 65.7 Å². The number of benzene rings is 2. The van der Waals surface area contributed by atoms with E-state index in [2.05, 4.69) is 65.8 Å². The number of halogens is 1. The molecule has 2 N–H and O–H groups in total. The van der Waals surface area contributed by atoms with E-state index in [1.54, 1.807) is 18.2 Å². The van der Waals surface area contributed by atoms with E-state index in [0.29, 0.717) is 28.5 Å². The maximum atomic E-state index is 14.4. The van der Waals surface area contributed by atoms with Crippen LogP contribution in [0.3, 0.4) is 0 Å². The molecule has 9 nitrogen and oxygen atoms in total. The van der Waals surface area contributed by atoms with Gasteiger partial charge in [0.1, 0.15) is 11.4 Å². The third-order valence-electron chi connectivity index (χ3n) is 7.68. The number of aliphatic imine (C=N–C) groups is 1. The molecule has 0 saturated carbocycles. The van der Waals surface area contributed by atoms with Crippen molar-refractivity contribution in [2.75, 3.05) is 0 Å². The fourth-order valence-electron chi connectivity index (χ4n) is 5.70. The summed E-state index contributed by atoms with van der Waals surface area (Å²) in [5.41, 5.74) is 2.05. The molecule has 0 fully saturated rings. The molecule has 3 atom stereocenters. The number of hydrogen-bond donors (Lipinski definition) is 2. The molecule has 3 aromatic rings. The number of tetrazole rings is 1. The van der Waals surface area contributed by atoms with Crippen LogP contribution >= 0.6 is 11.6 Å². The molecule has 10 heteroatoms. The number of aromatic nitrogens is 4. The summed E-state index contributed by atoms with van der Waals surface area (Å²) >= 11 is 6.32. The van der Waals surface area contributed by atoms with Crippen LogP contribution in [0.1, 0.15) is 86.7 Å². The van der Waals surface area contributed by atoms with E-state index >= 15 is 0 Å². The summed E-state index contributed by atoms with van der Waals surface area (Å²) in [6.07, 6.45) is 7.40. The van der Waals surface area contributed by atoms with Gasteiger partial charge >= 0.3 is 0 Å². The van der Waals surface area contributed by atoms with Crippen molar-refractivity contribution < 1.29 is 9.59 Å². The largest absolute Gasteiger partial charge is 0.345 e. The first kappa shape index (κ1) is 28.7. The molecular weight excluding hydrogens is 538 g/mol. The molecule has 5 rings (SSSR count). The van der Waals surface area contributed by atoms with Gasteiger partial charge in [-0.15, -0.1) is 10.2 Å². The second kappa shape index (κ2) is 11.6. The van der Waals surface area contributed by atoms with Crippen molar-refractivity contribution in [2.24, 2.45) is 16.3 Å². The molecule has 2 unspecified atom stereocenters. The third-order valence-corrected chi connectivity index (χ3v) is 7.91. The minimum Gasteiger partial charge on any atom is -0.345 e. The Bertz CT molecular complexity index is 1460. The second-order valence-electron chi connectivity index (χ2n) is 12.2. The summed E-state index contributed by atoms with van der Waals surface area (Å²) in [5, 5.41) is 17.0. The fraction of sp³-hybridized carbons (Fsp3) is 0.419. The van der Waals surface area contributed by atoms with Crippen LogP contribution < -0.4 is 5.32 Å². The molecule has 41 heavy (non-hydrogen) atoms. The average Bonchev–Trinajstić information content (AvgIpc) is 3.54. The normalized spacial score (nSPS) is 21.3. The minimum absolute atomic E-state index is 0.0690. The van der Waals surface area contributed by atoms with Crippen LogP contribution in [0, 0.1) is 11.3 Å². The van der Waals surface area contributed by atoms with Crippen LogP contribution in [0.2, 0.25) is 5.02 Å². The number of H-pyrrole nitrogens is 1. The van der Waals surface area contributed by atoms with Gasteiger partial charge in [-0.05, 0) is 60.4 Å². The zero-order valence-corrected chi connectivity index (χ0v) is 24.7. The topological polar surface area (TPSA) is 116 Å². The van der Waals surface area contributed by atoms with Crippen molar-refractivity contribution in [1.82, 2.24) is 30.8 Å². The maximum Gasteiger partial charge on any atom is 0.275 e. The summed E-state index contributed by atoms with van der Waals surface area (Å²) in [4.78, 5) is 34.3. The van der Waals surface area contributed by atoms with E-state index in [1.165, 1.54) is 0 Å². The lowest BCUT2D eigenvalue weighted by molar-refractivity contribution is -0.132. The second-order valence-corrected chi connectivity index (χ2v) is 12.6. The predicted molar refractivity (Wildman–Crippen MR) is 158 cm³/mol. The van der Waals surface area contributed by atoms with Crippen LogP contribution in [-0.4, -0.2) is 48.7 Å². The number of nitrogens with one attached hydrogen (secondary N) is 2. The first-order valence-corrected chi connectivity index (χ1v) is 14.4. The van der Waals surface area contributed by atoms with E-state index in [-0.39, 0.29) is 35.7 Å². The summed E-state index contributed by atoms with van der Waals surface area (Å²) in [7, 11) is 0. The summed E-state index contributed by atoms with van der Waals surface area (Å²) in [6.45, 7) is 8.97. The third kappa shape index (κ3) is 6.40. The lowest BCUT2D eigenvalue weighted by Gasteiger charge is -2.44. The number of nitrogens with zero attached hydrogens (tertiary/aromatic N) is 5. The quantitative estimate of drug-likeness (QED) is 0.337. The summed E-state index contributed by atoms with van der Waals surface area (Å²) in [5.74, 6) is 0.353. The zero-order valence-electron chi connectivity index (χ0n) is 23.9. The van der Waals surface area contributed by atoms with Gasteiger partial charge < -0.3 is 10.2 Å². The number of allylic oxidation sites excluding steroid dienone is 1. The zero-order chi connectivity index (χ0) is 29.2. The van der Waals surface area contributed by atoms with Crippen LogP contribution in [0.5, 0.6) is 0 Å². The van der Waals surface area contributed by atoms with Crippen LogP contribution in [0.25, 0.3) is 0 Å². The Morgan fingerprint density at radius 1 is 1.22 bits per heavy atom. The van der Waals surface area contributed by atoms with Crippen molar-refractivity contribution in [3.8, 4) is 0 Å². The van der Waals surface area contributed by atoms with E-state index in [9.17, 15) is 9.59 Å². The fourth-order valence-corrected chi connectivity index (χ4v) is 5.89. The van der Waals surface area contributed by atoms with Crippen molar-refractivity contribution >= 4 is 29.1 Å². The van der Waals surface area contributed by atoms with Crippen molar-refractivity contribution in [1.29, 1.82) is 0 Å². The Morgan fingerprint density at radius 2 is 2.00 bits per heavy atom. The molecule has 2 aliphatic rings. The number of aromatic amines is 1. The number of carbonyl (C=O) groups is 2. The van der Waals surface area contributed by atoms with E-state index in [1.807, 2.05) is 35.2 Å². The highest BCUT2D eigenvalue weighted by atomic mass is 35.5. The van der Waals surface area contributed by atoms with Gasteiger partial charge in [0.05, 0.1) is 12.6 Å². The van der Waals surface area contributed by atoms with Gasteiger partial charge in [-0.3, -0.25) is 14.6 Å². The number of hydrogen-bond acceptors (Lipinski definition) is 6. The molecule has 1 aromatic heterocycles. The molecule has 2 aromatic carbocycles. The summed E-state index contributed by atoms with van der Waals surface area (Å²) in [6, 6.07) is 14.7. The molecule has 1 spiro atoms. The molecule has 1 aliphatic heterocycles. The lowest BCUT2D eigenvalue weighted by atomic mass is 9.82. The predicted octanol–water partition coefficient (Wildman–Crippen LogP) is 5.66. The Balaban J connectivity index is 1.49. The van der Waals surface area contributed by atoms with Gasteiger partial charge in [-0.1, -0.05) is 80.9 Å². The van der Waals surface area contributed by atoms with E-state index in [4.69, 9.17) is 16.6 Å². The number of amides is 2.